The quantitative estimate of drug-likeness (QED) is 0.794. The number of benzene rings is 1. The molecule has 0 bridgehead atoms. The Morgan fingerprint density at radius 3 is 2.74 bits per heavy atom. The van der Waals surface area contributed by atoms with E-state index < -0.39 is 15.8 Å². The Bertz CT molecular complexity index is 808. The predicted octanol–water partition coefficient (Wildman–Crippen LogP) is 2.25. The summed E-state index contributed by atoms with van der Waals surface area (Å²) >= 11 is 2.99. The van der Waals surface area contributed by atoms with Crippen molar-refractivity contribution in [2.45, 2.75) is 31.3 Å². The Kier molecular flexibility index (Phi) is 5.37. The van der Waals surface area contributed by atoms with Crippen molar-refractivity contribution in [2.75, 3.05) is 7.11 Å². The predicted molar refractivity (Wildman–Crippen MR) is 85.1 cm³/mol. The highest BCUT2D eigenvalue weighted by Gasteiger charge is 2.22. The van der Waals surface area contributed by atoms with Gasteiger partial charge in [0, 0.05) is 6.04 Å². The molecule has 1 aromatic heterocycles. The molecule has 1 heterocycles. The Morgan fingerprint density at radius 2 is 2.13 bits per heavy atom. The molecule has 1 aromatic carbocycles. The first-order chi connectivity index (χ1) is 10.8. The Hall–Kier alpha value is -1.52. The van der Waals surface area contributed by atoms with Crippen LogP contribution in [-0.2, 0) is 16.6 Å². The van der Waals surface area contributed by atoms with Gasteiger partial charge in [-0.25, -0.2) is 27.2 Å². The van der Waals surface area contributed by atoms with E-state index in [9.17, 15) is 12.8 Å². The maximum atomic E-state index is 13.7. The topological polar surface area (TPSA) is 86.1 Å². The van der Waals surface area contributed by atoms with Crippen LogP contribution >= 0.6 is 15.9 Å². The van der Waals surface area contributed by atoms with Crippen molar-refractivity contribution in [1.29, 1.82) is 0 Å². The van der Waals surface area contributed by atoms with Gasteiger partial charge in [-0.1, -0.05) is 0 Å². The molecule has 0 aliphatic heterocycles. The molecule has 0 aliphatic rings. The molecule has 0 aliphatic carbocycles. The fourth-order valence-corrected chi connectivity index (χ4v) is 3.41. The van der Waals surface area contributed by atoms with E-state index in [0.717, 1.165) is 6.07 Å². The molecule has 10 heteroatoms. The van der Waals surface area contributed by atoms with Gasteiger partial charge in [0.1, 0.15) is 28.6 Å². The number of halogens is 2. The molecular formula is C13H16BrFN4O3S. The number of aromatic nitrogens is 3. The average Bonchev–Trinajstić information content (AvgIpc) is 2.96. The van der Waals surface area contributed by atoms with Gasteiger partial charge in [0.25, 0.3) is 0 Å². The maximum absolute atomic E-state index is 13.7. The molecule has 2 aromatic rings. The minimum absolute atomic E-state index is 0.0381. The van der Waals surface area contributed by atoms with Gasteiger partial charge in [-0.05, 0) is 41.9 Å². The molecule has 0 saturated carbocycles. The Morgan fingerprint density at radius 1 is 1.43 bits per heavy atom. The van der Waals surface area contributed by atoms with E-state index in [1.807, 2.05) is 13.8 Å². The van der Waals surface area contributed by atoms with E-state index in [4.69, 9.17) is 4.74 Å². The third-order valence-corrected chi connectivity index (χ3v) is 5.08. The number of rotatable bonds is 6. The molecule has 0 unspecified atom stereocenters. The van der Waals surface area contributed by atoms with Crippen LogP contribution in [0.15, 0.2) is 27.8 Å². The van der Waals surface area contributed by atoms with Crippen LogP contribution in [0.25, 0.3) is 0 Å². The first-order valence-electron chi connectivity index (χ1n) is 6.67. The minimum Gasteiger partial charge on any atom is -0.495 e. The fraction of sp³-hybridized carbons (Fsp3) is 0.385. The lowest BCUT2D eigenvalue weighted by Gasteiger charge is -2.13. The van der Waals surface area contributed by atoms with Crippen LogP contribution in [0.5, 0.6) is 5.75 Å². The molecule has 1 N–H and O–H groups in total. The summed E-state index contributed by atoms with van der Waals surface area (Å²) in [7, 11) is -2.66. The molecule has 0 fully saturated rings. The number of ether oxygens (including phenoxy) is 1. The van der Waals surface area contributed by atoms with Gasteiger partial charge in [-0.2, -0.15) is 5.10 Å². The number of sulfonamides is 1. The van der Waals surface area contributed by atoms with Gasteiger partial charge in [-0.3, -0.25) is 0 Å². The number of methoxy groups -OCH3 is 1. The summed E-state index contributed by atoms with van der Waals surface area (Å²) < 4.78 is 47.6. The van der Waals surface area contributed by atoms with Crippen molar-refractivity contribution in [1.82, 2.24) is 19.5 Å². The van der Waals surface area contributed by atoms with Crippen LogP contribution in [-0.4, -0.2) is 30.3 Å². The first-order valence-corrected chi connectivity index (χ1v) is 8.95. The average molecular weight is 407 g/mol. The van der Waals surface area contributed by atoms with E-state index in [-0.39, 0.29) is 27.7 Å². The summed E-state index contributed by atoms with van der Waals surface area (Å²) in [6.07, 6.45) is 1.35. The molecule has 7 nitrogen and oxygen atoms in total. The molecular weight excluding hydrogens is 391 g/mol. The summed E-state index contributed by atoms with van der Waals surface area (Å²) in [6.45, 7) is 3.74. The molecule has 0 amide bonds. The van der Waals surface area contributed by atoms with Gasteiger partial charge in [0.15, 0.2) is 0 Å². The second-order valence-corrected chi connectivity index (χ2v) is 7.55. The highest BCUT2D eigenvalue weighted by atomic mass is 79.9. The largest absolute Gasteiger partial charge is 0.495 e. The second kappa shape index (κ2) is 6.93. The van der Waals surface area contributed by atoms with Crippen LogP contribution in [0.4, 0.5) is 4.39 Å². The highest BCUT2D eigenvalue weighted by Crippen LogP contribution is 2.29. The van der Waals surface area contributed by atoms with E-state index in [1.54, 1.807) is 4.68 Å². The number of nitrogens with one attached hydrogen (secondary N) is 1. The third-order valence-electron chi connectivity index (χ3n) is 3.05. The SMILES string of the molecule is COc1cc(Br)c(F)cc1S(=O)(=O)NCc1ncnn1C(C)C. The Labute approximate surface area is 142 Å². The lowest BCUT2D eigenvalue weighted by molar-refractivity contribution is 0.400. The second-order valence-electron chi connectivity index (χ2n) is 4.96. The van der Waals surface area contributed by atoms with Crippen molar-refractivity contribution in [3.63, 3.8) is 0 Å². The summed E-state index contributed by atoms with van der Waals surface area (Å²) in [5.41, 5.74) is 0. The van der Waals surface area contributed by atoms with Crippen LogP contribution in [0.3, 0.4) is 0 Å². The summed E-state index contributed by atoms with van der Waals surface area (Å²) in [5.74, 6) is -0.201. The molecule has 23 heavy (non-hydrogen) atoms. The Balaban J connectivity index is 2.29. The minimum atomic E-state index is -3.98. The normalized spacial score (nSPS) is 11.9. The smallest absolute Gasteiger partial charge is 0.244 e. The van der Waals surface area contributed by atoms with Crippen molar-refractivity contribution in [3.8, 4) is 5.75 Å². The highest BCUT2D eigenvalue weighted by molar-refractivity contribution is 9.10. The van der Waals surface area contributed by atoms with E-state index >= 15 is 0 Å². The molecule has 0 spiro atoms. The van der Waals surface area contributed by atoms with Crippen LogP contribution < -0.4 is 9.46 Å². The number of hydrogen-bond acceptors (Lipinski definition) is 5. The van der Waals surface area contributed by atoms with E-state index in [2.05, 4.69) is 30.7 Å². The molecule has 2 rings (SSSR count). The molecule has 0 atom stereocenters. The van der Waals surface area contributed by atoms with Crippen LogP contribution in [0.2, 0.25) is 0 Å². The van der Waals surface area contributed by atoms with Crippen molar-refractivity contribution >= 4 is 26.0 Å². The van der Waals surface area contributed by atoms with Gasteiger partial charge in [-0.15, -0.1) is 0 Å². The zero-order valence-corrected chi connectivity index (χ0v) is 15.1. The monoisotopic (exact) mass is 406 g/mol. The zero-order chi connectivity index (χ0) is 17.2. The van der Waals surface area contributed by atoms with Gasteiger partial charge in [0.2, 0.25) is 10.0 Å². The number of nitrogens with zero attached hydrogens (tertiary/aromatic N) is 3. The summed E-state index contributed by atoms with van der Waals surface area (Å²) in [4.78, 5) is 3.74. The van der Waals surface area contributed by atoms with Crippen molar-refractivity contribution in [3.05, 3.63) is 34.6 Å². The van der Waals surface area contributed by atoms with Gasteiger partial charge < -0.3 is 4.74 Å². The summed E-state index contributed by atoms with van der Waals surface area (Å²) in [6, 6.07) is 2.20. The van der Waals surface area contributed by atoms with E-state index in [0.29, 0.717) is 5.82 Å². The fourth-order valence-electron chi connectivity index (χ4n) is 1.95. The molecule has 0 radical (unpaired) electrons. The zero-order valence-electron chi connectivity index (χ0n) is 12.7. The lowest BCUT2D eigenvalue weighted by atomic mass is 10.3. The van der Waals surface area contributed by atoms with Gasteiger partial charge in [0.05, 0.1) is 18.1 Å². The van der Waals surface area contributed by atoms with Crippen molar-refractivity contribution in [2.24, 2.45) is 0 Å². The molecule has 0 saturated heterocycles. The third kappa shape index (κ3) is 3.88. The standard InChI is InChI=1S/C13H16BrFN4O3S/c1-8(2)19-13(16-7-17-19)6-18-23(20,21)12-5-10(15)9(14)4-11(12)22-3/h4-5,7-8,18H,6H2,1-3H3. The molecule has 126 valence electrons. The summed E-state index contributed by atoms with van der Waals surface area (Å²) in [5, 5.41) is 4.03. The van der Waals surface area contributed by atoms with Crippen LogP contribution in [0.1, 0.15) is 25.7 Å². The van der Waals surface area contributed by atoms with Crippen molar-refractivity contribution < 1.29 is 17.5 Å². The van der Waals surface area contributed by atoms with Gasteiger partial charge >= 0.3 is 0 Å². The number of hydrogen-bond donors (Lipinski definition) is 1. The lowest BCUT2D eigenvalue weighted by Crippen LogP contribution is -2.26. The van der Waals surface area contributed by atoms with Crippen LogP contribution in [0, 0.1) is 5.82 Å². The van der Waals surface area contributed by atoms with E-state index in [1.165, 1.54) is 19.5 Å². The maximum Gasteiger partial charge on any atom is 0.244 e. The first kappa shape index (κ1) is 17.8.